The van der Waals surface area contributed by atoms with E-state index in [-0.39, 0.29) is 0 Å². The summed E-state index contributed by atoms with van der Waals surface area (Å²) in [6.07, 6.45) is 0. The van der Waals surface area contributed by atoms with Gasteiger partial charge in [-0.25, -0.2) is 0 Å². The zero-order valence-electron chi connectivity index (χ0n) is 7.00. The van der Waals surface area contributed by atoms with Crippen LogP contribution in [-0.2, 0) is 42.5 Å². The Morgan fingerprint density at radius 3 is 0.588 bits per heavy atom. The van der Waals surface area contributed by atoms with Gasteiger partial charge < -0.3 is 0 Å². The monoisotopic (exact) mass is 382 g/mol. The molecule has 0 atom stereocenters. The fourth-order valence-electron chi connectivity index (χ4n) is 0.505. The molecule has 0 aliphatic carbocycles. The molecule has 0 unspecified atom stereocenters. The maximum absolute atomic E-state index is 10.6. The summed E-state index contributed by atoms with van der Waals surface area (Å²) in [7, 11) is -33.4. The van der Waals surface area contributed by atoms with E-state index < -0.39 is 42.5 Å². The molecular weight excluding hydrogens is 379 g/mol. The fraction of sp³-hybridized carbons (Fsp3) is 0. The van der Waals surface area contributed by atoms with Crippen LogP contribution >= 0.6 is 0 Å². The van der Waals surface area contributed by atoms with Gasteiger partial charge in [-0.1, -0.05) is 0 Å². The van der Waals surface area contributed by atoms with Gasteiger partial charge in [0.05, 0.1) is 0 Å². The van der Waals surface area contributed by atoms with Crippen molar-refractivity contribution in [1.82, 2.24) is 0 Å². The molecule has 0 aromatic carbocycles. The summed E-state index contributed by atoms with van der Waals surface area (Å²) in [6, 6.07) is 0. The van der Waals surface area contributed by atoms with Gasteiger partial charge in [-0.05, 0) is 0 Å². The first-order valence-corrected chi connectivity index (χ1v) is 12.6. The van der Waals surface area contributed by atoms with Crippen LogP contribution in [0.15, 0.2) is 0 Å². The number of hydrogen-bond donors (Lipinski definition) is 4. The molecule has 0 rings (SSSR count). The molecule has 0 saturated heterocycles. The molecule has 0 radical (unpaired) electrons. The van der Waals surface area contributed by atoms with Crippen molar-refractivity contribution in [2.75, 3.05) is 0 Å². The molecule has 0 fully saturated rings. The Bertz CT molecular complexity index is 577. The van der Waals surface area contributed by atoms with Crippen LogP contribution in [0.5, 0.6) is 0 Å². The Morgan fingerprint density at radius 1 is 0.471 bits per heavy atom. The van der Waals surface area contributed by atoms with Crippen molar-refractivity contribution < 1.29 is 59.9 Å². The zero-order chi connectivity index (χ0) is 14.5. The predicted molar refractivity (Wildman–Crippen MR) is 46.2 cm³/mol. The van der Waals surface area contributed by atoms with Crippen molar-refractivity contribution in [3.05, 3.63) is 0 Å². The molecule has 0 bridgehead atoms. The standard InChI is InChI=1S/Ni.4HO3S/c;4*1-4(2)3/h;4*(H,1,2,3). The molecule has 0 amide bonds. The van der Waals surface area contributed by atoms with E-state index in [0.717, 1.165) is 0 Å². The van der Waals surface area contributed by atoms with Crippen LogP contribution in [0, 0.1) is 0 Å². The Kier molecular flexibility index (Phi) is 4.10. The first kappa shape index (κ1) is 17.1. The summed E-state index contributed by atoms with van der Waals surface area (Å²) >= 11 is 0. The van der Waals surface area contributed by atoms with E-state index in [1.54, 1.807) is 0 Å². The molecule has 110 valence electrons. The van der Waals surface area contributed by atoms with Crippen LogP contribution in [0.3, 0.4) is 0 Å². The van der Waals surface area contributed by atoms with Gasteiger partial charge >= 0.3 is 94.4 Å². The molecular formula is H4NiO12S4. The molecule has 12 nitrogen and oxygen atoms in total. The van der Waals surface area contributed by atoms with E-state index in [2.05, 4.69) is 0 Å². The SMILES string of the molecule is O=[S](=O)(O)[Ni]([S](=O)(=O)O)([S](=O)(=O)O)[S](=O)(=O)O. The van der Waals surface area contributed by atoms with Gasteiger partial charge in [0.15, 0.2) is 0 Å². The summed E-state index contributed by atoms with van der Waals surface area (Å²) in [5, 5.41) is 0. The summed E-state index contributed by atoms with van der Waals surface area (Å²) in [6.45, 7) is 0. The van der Waals surface area contributed by atoms with Gasteiger partial charge in [0, 0.05) is 0 Å². The minimum atomic E-state index is -6.89. The summed E-state index contributed by atoms with van der Waals surface area (Å²) < 4.78 is 118. The van der Waals surface area contributed by atoms with Crippen LogP contribution in [0.4, 0.5) is 0 Å². The van der Waals surface area contributed by atoms with Crippen LogP contribution in [0.1, 0.15) is 0 Å². The fourth-order valence-corrected chi connectivity index (χ4v) is 18.7. The van der Waals surface area contributed by atoms with Crippen LogP contribution in [0.25, 0.3) is 0 Å². The van der Waals surface area contributed by atoms with Crippen molar-refractivity contribution in [2.45, 2.75) is 0 Å². The molecule has 17 heavy (non-hydrogen) atoms. The first-order valence-electron chi connectivity index (χ1n) is 2.58. The molecule has 0 aromatic rings. The van der Waals surface area contributed by atoms with Gasteiger partial charge in [0.25, 0.3) is 0 Å². The van der Waals surface area contributed by atoms with Crippen molar-refractivity contribution in [3.63, 3.8) is 0 Å². The average Bonchev–Trinajstić information content (AvgIpc) is 1.67. The normalized spacial score (nSPS) is 16.7. The van der Waals surface area contributed by atoms with E-state index >= 15 is 0 Å². The first-order chi connectivity index (χ1) is 7.00. The van der Waals surface area contributed by atoms with Crippen molar-refractivity contribution in [3.8, 4) is 0 Å². The second-order valence-electron chi connectivity index (χ2n) is 1.84. The third-order valence-corrected chi connectivity index (χ3v) is 29.7. The maximum atomic E-state index is 10.6. The van der Waals surface area contributed by atoms with Crippen molar-refractivity contribution in [2.24, 2.45) is 0 Å². The number of rotatable bonds is 4. The second kappa shape index (κ2) is 4.07. The quantitative estimate of drug-likeness (QED) is 0.289. The number of hydrogen-bond acceptors (Lipinski definition) is 8. The zero-order valence-corrected chi connectivity index (χ0v) is 11.3. The van der Waals surface area contributed by atoms with Crippen molar-refractivity contribution >= 4 is 34.5 Å². The van der Waals surface area contributed by atoms with Gasteiger partial charge in [0.2, 0.25) is 0 Å². The predicted octanol–water partition coefficient (Wildman–Crippen LogP) is -2.65. The third-order valence-electron chi connectivity index (χ3n) is 0.799. The second-order valence-corrected chi connectivity index (χ2v) is 22.4. The molecule has 0 heterocycles. The molecule has 0 spiro atoms. The van der Waals surface area contributed by atoms with Gasteiger partial charge in [0.1, 0.15) is 0 Å². The van der Waals surface area contributed by atoms with Crippen LogP contribution in [0.2, 0.25) is 0 Å². The van der Waals surface area contributed by atoms with Crippen LogP contribution in [-0.4, -0.2) is 51.9 Å². The third kappa shape index (κ3) is 2.47. The summed E-state index contributed by atoms with van der Waals surface area (Å²) in [5.41, 5.74) is 0. The van der Waals surface area contributed by atoms with Crippen molar-refractivity contribution in [1.29, 1.82) is 0 Å². The average molecular weight is 383 g/mol. The molecule has 0 aliphatic rings. The van der Waals surface area contributed by atoms with Crippen LogP contribution < -0.4 is 0 Å². The Morgan fingerprint density at radius 2 is 0.588 bits per heavy atom. The summed E-state index contributed by atoms with van der Waals surface area (Å²) in [4.78, 5) is 0. The summed E-state index contributed by atoms with van der Waals surface area (Å²) in [5.74, 6) is 0. The molecule has 0 aliphatic heterocycles. The molecule has 17 heteroatoms. The molecule has 4 N–H and O–H groups in total. The Hall–Kier alpha value is 0.134. The van der Waals surface area contributed by atoms with Gasteiger partial charge in [-0.15, -0.1) is 0 Å². The van der Waals surface area contributed by atoms with E-state index in [1.165, 1.54) is 0 Å². The van der Waals surface area contributed by atoms with E-state index in [1.807, 2.05) is 0 Å². The van der Waals surface area contributed by atoms with Gasteiger partial charge in [-0.3, -0.25) is 0 Å². The topological polar surface area (TPSA) is 217 Å². The molecule has 0 aromatic heterocycles. The van der Waals surface area contributed by atoms with E-state index in [9.17, 15) is 33.7 Å². The van der Waals surface area contributed by atoms with E-state index in [0.29, 0.717) is 0 Å². The minimum absolute atomic E-state index is 6.62. The van der Waals surface area contributed by atoms with Gasteiger partial charge in [-0.2, -0.15) is 0 Å². The van der Waals surface area contributed by atoms with E-state index in [4.69, 9.17) is 18.2 Å². The molecule has 0 saturated carbocycles. The Labute approximate surface area is 94.2 Å². The Balaban J connectivity index is 7.38.